The molecule has 20 heavy (non-hydrogen) atoms. The highest BCUT2D eigenvalue weighted by Gasteiger charge is 2.20. The van der Waals surface area contributed by atoms with E-state index in [4.69, 9.17) is 10.2 Å². The summed E-state index contributed by atoms with van der Waals surface area (Å²) in [6.45, 7) is 5.97. The van der Waals surface area contributed by atoms with E-state index in [0.717, 1.165) is 4.88 Å². The minimum atomic E-state index is -1.05. The van der Waals surface area contributed by atoms with Gasteiger partial charge in [-0.25, -0.2) is 9.59 Å². The van der Waals surface area contributed by atoms with E-state index in [1.54, 1.807) is 6.92 Å². The first kappa shape index (κ1) is 16.5. The van der Waals surface area contributed by atoms with Crippen molar-refractivity contribution in [3.63, 3.8) is 0 Å². The van der Waals surface area contributed by atoms with E-state index in [0.29, 0.717) is 23.5 Å². The number of nitrogens with one attached hydrogen (secondary N) is 2. The van der Waals surface area contributed by atoms with Crippen LogP contribution >= 0.6 is 11.3 Å². The number of carbonyl (C=O) groups excluding carboxylic acids is 1. The summed E-state index contributed by atoms with van der Waals surface area (Å²) in [6, 6.07) is -0.432. The second-order valence-electron chi connectivity index (χ2n) is 4.75. The molecule has 2 amide bonds. The maximum Gasteiger partial charge on any atom is 0.338 e. The molecule has 1 atom stereocenters. The molecule has 112 valence electrons. The van der Waals surface area contributed by atoms with Gasteiger partial charge >= 0.3 is 12.0 Å². The molecule has 1 aromatic rings. The number of carboxylic acid groups (broad SMARTS) is 1. The zero-order valence-electron chi connectivity index (χ0n) is 11.8. The minimum Gasteiger partial charge on any atom is -0.478 e. The molecule has 1 aromatic heterocycles. The second kappa shape index (κ2) is 7.25. The largest absolute Gasteiger partial charge is 0.478 e. The third kappa shape index (κ3) is 4.21. The number of amides is 2. The number of aryl methyl sites for hydroxylation is 1. The van der Waals surface area contributed by atoms with Gasteiger partial charge in [-0.05, 0) is 31.7 Å². The van der Waals surface area contributed by atoms with Crippen molar-refractivity contribution in [3.05, 3.63) is 16.0 Å². The molecule has 0 saturated carbocycles. The summed E-state index contributed by atoms with van der Waals surface area (Å²) in [7, 11) is 0. The van der Waals surface area contributed by atoms with Crippen molar-refractivity contribution in [2.75, 3.05) is 18.5 Å². The first-order valence-corrected chi connectivity index (χ1v) is 7.17. The molecular formula is C13H20N2O4S. The summed E-state index contributed by atoms with van der Waals surface area (Å²) in [4.78, 5) is 23.8. The van der Waals surface area contributed by atoms with Crippen molar-refractivity contribution in [3.8, 4) is 0 Å². The summed E-state index contributed by atoms with van der Waals surface area (Å²) < 4.78 is 0. The van der Waals surface area contributed by atoms with Gasteiger partial charge in [-0.3, -0.25) is 5.32 Å². The number of carbonyl (C=O) groups is 2. The first-order valence-electron chi connectivity index (χ1n) is 6.35. The Bertz CT molecular complexity index is 499. The molecule has 1 rings (SSSR count). The average Bonchev–Trinajstić information content (AvgIpc) is 2.62. The van der Waals surface area contributed by atoms with Gasteiger partial charge in [-0.1, -0.05) is 6.92 Å². The highest BCUT2D eigenvalue weighted by molar-refractivity contribution is 7.16. The van der Waals surface area contributed by atoms with Crippen LogP contribution < -0.4 is 10.6 Å². The molecule has 0 saturated heterocycles. The van der Waals surface area contributed by atoms with Gasteiger partial charge in [0.1, 0.15) is 5.00 Å². The highest BCUT2D eigenvalue weighted by atomic mass is 32.1. The van der Waals surface area contributed by atoms with Crippen LogP contribution in [0, 0.1) is 19.8 Å². The molecule has 0 aromatic carbocycles. The molecule has 0 radical (unpaired) electrons. The lowest BCUT2D eigenvalue weighted by atomic mass is 10.1. The predicted molar refractivity (Wildman–Crippen MR) is 78.6 cm³/mol. The number of aliphatic hydroxyl groups is 1. The Morgan fingerprint density at radius 2 is 2.00 bits per heavy atom. The summed E-state index contributed by atoms with van der Waals surface area (Å²) in [5.41, 5.74) is 0.817. The molecule has 0 fully saturated rings. The fourth-order valence-corrected chi connectivity index (χ4v) is 2.76. The molecule has 1 heterocycles. The molecule has 0 aliphatic carbocycles. The van der Waals surface area contributed by atoms with E-state index < -0.39 is 12.0 Å². The van der Waals surface area contributed by atoms with E-state index in [-0.39, 0.29) is 18.1 Å². The number of urea groups is 1. The van der Waals surface area contributed by atoms with Crippen LogP contribution in [0.1, 0.15) is 34.1 Å². The normalized spacial score (nSPS) is 12.0. The quantitative estimate of drug-likeness (QED) is 0.647. The van der Waals surface area contributed by atoms with Gasteiger partial charge in [0.05, 0.1) is 5.56 Å². The monoisotopic (exact) mass is 300 g/mol. The van der Waals surface area contributed by atoms with Crippen molar-refractivity contribution in [1.82, 2.24) is 5.32 Å². The van der Waals surface area contributed by atoms with Crippen molar-refractivity contribution in [2.24, 2.45) is 5.92 Å². The summed E-state index contributed by atoms with van der Waals surface area (Å²) in [5, 5.41) is 23.5. The predicted octanol–water partition coefficient (Wildman–Crippen LogP) is 2.20. The zero-order valence-corrected chi connectivity index (χ0v) is 12.6. The van der Waals surface area contributed by atoms with Crippen molar-refractivity contribution in [2.45, 2.75) is 27.2 Å². The smallest absolute Gasteiger partial charge is 0.338 e. The summed E-state index contributed by atoms with van der Waals surface area (Å²) in [5.74, 6) is -0.882. The Morgan fingerprint density at radius 1 is 1.35 bits per heavy atom. The van der Waals surface area contributed by atoms with Gasteiger partial charge in [-0.2, -0.15) is 0 Å². The number of anilines is 1. The van der Waals surface area contributed by atoms with Crippen LogP contribution in [0.2, 0.25) is 0 Å². The third-order valence-corrected chi connectivity index (χ3v) is 4.18. The van der Waals surface area contributed by atoms with E-state index in [9.17, 15) is 9.59 Å². The Balaban J connectivity index is 2.67. The molecule has 1 unspecified atom stereocenters. The fourth-order valence-electron chi connectivity index (χ4n) is 1.71. The van der Waals surface area contributed by atoms with E-state index in [1.165, 1.54) is 11.3 Å². The maximum atomic E-state index is 11.7. The lowest BCUT2D eigenvalue weighted by Crippen LogP contribution is -2.32. The summed E-state index contributed by atoms with van der Waals surface area (Å²) in [6.07, 6.45) is 0.609. The molecular weight excluding hydrogens is 280 g/mol. The Morgan fingerprint density at radius 3 is 2.55 bits per heavy atom. The fraction of sp³-hybridized carbons (Fsp3) is 0.538. The number of rotatable bonds is 6. The minimum absolute atomic E-state index is 0.0803. The molecule has 6 nitrogen and oxygen atoms in total. The lowest BCUT2D eigenvalue weighted by molar-refractivity contribution is 0.0697. The van der Waals surface area contributed by atoms with Gasteiger partial charge in [0, 0.05) is 18.0 Å². The van der Waals surface area contributed by atoms with Crippen LogP contribution in [0.5, 0.6) is 0 Å². The van der Waals surface area contributed by atoms with E-state index in [2.05, 4.69) is 10.6 Å². The number of aliphatic hydroxyl groups excluding tert-OH is 1. The van der Waals surface area contributed by atoms with Gasteiger partial charge in [0.2, 0.25) is 0 Å². The van der Waals surface area contributed by atoms with Crippen LogP contribution in [0.3, 0.4) is 0 Å². The average molecular weight is 300 g/mol. The Labute approximate surface area is 121 Å². The molecule has 4 N–H and O–H groups in total. The number of thiophene rings is 1. The van der Waals surface area contributed by atoms with E-state index in [1.807, 2.05) is 13.8 Å². The zero-order chi connectivity index (χ0) is 15.3. The summed E-state index contributed by atoms with van der Waals surface area (Å²) >= 11 is 1.25. The molecule has 0 spiro atoms. The molecule has 7 heteroatoms. The van der Waals surface area contributed by atoms with Gasteiger partial charge in [0.15, 0.2) is 0 Å². The molecule has 0 bridgehead atoms. The lowest BCUT2D eigenvalue weighted by Gasteiger charge is -2.11. The van der Waals surface area contributed by atoms with Crippen LogP contribution in [0.25, 0.3) is 0 Å². The van der Waals surface area contributed by atoms with Crippen molar-refractivity contribution >= 4 is 28.3 Å². The van der Waals surface area contributed by atoms with Crippen LogP contribution in [0.4, 0.5) is 9.80 Å². The Kier molecular flexibility index (Phi) is 5.97. The van der Waals surface area contributed by atoms with Crippen LogP contribution in [0.15, 0.2) is 0 Å². The number of carboxylic acids is 1. The van der Waals surface area contributed by atoms with Crippen LogP contribution in [-0.4, -0.2) is 35.4 Å². The van der Waals surface area contributed by atoms with Crippen LogP contribution in [-0.2, 0) is 0 Å². The topological polar surface area (TPSA) is 98.7 Å². The molecule has 0 aliphatic heterocycles. The maximum absolute atomic E-state index is 11.7. The van der Waals surface area contributed by atoms with Crippen molar-refractivity contribution in [1.29, 1.82) is 0 Å². The SMILES string of the molecule is Cc1sc(NC(=O)NCC(C)CCO)c(C(=O)O)c1C. The van der Waals surface area contributed by atoms with E-state index >= 15 is 0 Å². The number of aromatic carboxylic acids is 1. The number of hydrogen-bond acceptors (Lipinski definition) is 4. The first-order chi connectivity index (χ1) is 9.36. The highest BCUT2D eigenvalue weighted by Crippen LogP contribution is 2.32. The number of hydrogen-bond donors (Lipinski definition) is 4. The second-order valence-corrected chi connectivity index (χ2v) is 5.97. The van der Waals surface area contributed by atoms with Crippen molar-refractivity contribution < 1.29 is 19.8 Å². The van der Waals surface area contributed by atoms with Gasteiger partial charge in [-0.15, -0.1) is 11.3 Å². The molecule has 0 aliphatic rings. The third-order valence-electron chi connectivity index (χ3n) is 3.06. The van der Waals surface area contributed by atoms with Gasteiger partial charge < -0.3 is 15.5 Å². The Hall–Kier alpha value is -1.60. The standard InChI is InChI=1S/C13H20N2O4S/c1-7(4-5-16)6-14-13(19)15-11-10(12(17)18)8(2)9(3)20-11/h7,16H,4-6H2,1-3H3,(H,17,18)(H2,14,15,19). The van der Waals surface area contributed by atoms with Gasteiger partial charge in [0.25, 0.3) is 0 Å².